The molecule has 0 spiro atoms. The lowest BCUT2D eigenvalue weighted by Gasteiger charge is -2.00. The number of nitrogens with zero attached hydrogens (tertiary/aromatic N) is 1. The maximum absolute atomic E-state index is 10.0. The summed E-state index contributed by atoms with van der Waals surface area (Å²) in [7, 11) is 1.48. The molecule has 0 aliphatic rings. The Labute approximate surface area is 68.9 Å². The smallest absolute Gasteiger partial charge is 0.139 e. The minimum Gasteiger partial charge on any atom is -0.495 e. The second kappa shape index (κ2) is 3.34. The summed E-state index contributed by atoms with van der Waals surface area (Å²) < 4.78 is 4.86. The molecule has 1 aromatic rings. The topological polar surface area (TPSA) is 38.7 Å². The number of nitroso groups, excluding NO2 is 1. The number of benzene rings is 1. The highest BCUT2D eigenvalue weighted by Gasteiger charge is 2.00. The third-order valence-electron chi connectivity index (χ3n) is 1.24. The molecule has 0 atom stereocenters. The van der Waals surface area contributed by atoms with E-state index < -0.39 is 0 Å². The van der Waals surface area contributed by atoms with Crippen molar-refractivity contribution in [1.82, 2.24) is 0 Å². The first-order valence-electron chi connectivity index (χ1n) is 2.95. The minimum absolute atomic E-state index is 0.311. The van der Waals surface area contributed by atoms with Gasteiger partial charge < -0.3 is 4.74 Å². The lowest BCUT2D eigenvalue weighted by molar-refractivity contribution is 0.415. The molecule has 3 nitrogen and oxygen atoms in total. The Balaban J connectivity index is 3.12. The van der Waals surface area contributed by atoms with Crippen LogP contribution in [0.3, 0.4) is 0 Å². The number of ether oxygens (including phenoxy) is 1. The molecule has 0 N–H and O–H groups in total. The fourth-order valence-electron chi connectivity index (χ4n) is 0.705. The molecule has 0 amide bonds. The highest BCUT2D eigenvalue weighted by molar-refractivity contribution is 6.32. The van der Waals surface area contributed by atoms with E-state index in [0.717, 1.165) is 0 Å². The SMILES string of the molecule is COc1cc(N=O)ccc1Cl. The van der Waals surface area contributed by atoms with E-state index in [1.165, 1.54) is 19.2 Å². The quantitative estimate of drug-likeness (QED) is 0.642. The van der Waals surface area contributed by atoms with E-state index in [4.69, 9.17) is 16.3 Å². The highest BCUT2D eigenvalue weighted by atomic mass is 35.5. The highest BCUT2D eigenvalue weighted by Crippen LogP contribution is 2.28. The fourth-order valence-corrected chi connectivity index (χ4v) is 0.900. The van der Waals surface area contributed by atoms with Gasteiger partial charge in [-0.15, -0.1) is 4.91 Å². The van der Waals surface area contributed by atoms with E-state index in [1.54, 1.807) is 6.07 Å². The van der Waals surface area contributed by atoms with Crippen LogP contribution in [0.1, 0.15) is 0 Å². The molecule has 0 aromatic heterocycles. The number of rotatable bonds is 2. The van der Waals surface area contributed by atoms with Crippen LogP contribution in [0, 0.1) is 4.91 Å². The van der Waals surface area contributed by atoms with Gasteiger partial charge in [-0.2, -0.15) is 0 Å². The van der Waals surface area contributed by atoms with Gasteiger partial charge in [0.15, 0.2) is 0 Å². The first kappa shape index (κ1) is 8.01. The van der Waals surface area contributed by atoms with Gasteiger partial charge in [0.25, 0.3) is 0 Å². The molecule has 4 heteroatoms. The van der Waals surface area contributed by atoms with Crippen molar-refractivity contribution in [3.8, 4) is 5.75 Å². The summed E-state index contributed by atoms with van der Waals surface area (Å²) in [6.45, 7) is 0. The molecule has 0 radical (unpaired) electrons. The fraction of sp³-hybridized carbons (Fsp3) is 0.143. The summed E-state index contributed by atoms with van der Waals surface area (Å²) in [5.41, 5.74) is 0.311. The maximum Gasteiger partial charge on any atom is 0.139 e. The first-order chi connectivity index (χ1) is 5.27. The van der Waals surface area contributed by atoms with Gasteiger partial charge in [-0.1, -0.05) is 11.6 Å². The van der Waals surface area contributed by atoms with Crippen LogP contribution in [-0.4, -0.2) is 7.11 Å². The zero-order chi connectivity index (χ0) is 8.27. The monoisotopic (exact) mass is 171 g/mol. The summed E-state index contributed by atoms with van der Waals surface area (Å²) in [6, 6.07) is 4.57. The largest absolute Gasteiger partial charge is 0.495 e. The Morgan fingerprint density at radius 2 is 2.27 bits per heavy atom. The lowest BCUT2D eigenvalue weighted by Crippen LogP contribution is -1.82. The summed E-state index contributed by atoms with van der Waals surface area (Å²) in [5.74, 6) is 0.462. The van der Waals surface area contributed by atoms with Crippen molar-refractivity contribution < 1.29 is 4.74 Å². The lowest BCUT2D eigenvalue weighted by atomic mass is 10.3. The maximum atomic E-state index is 10.0. The van der Waals surface area contributed by atoms with Crippen molar-refractivity contribution in [2.24, 2.45) is 5.18 Å². The van der Waals surface area contributed by atoms with Crippen molar-refractivity contribution in [2.75, 3.05) is 7.11 Å². The van der Waals surface area contributed by atoms with Crippen molar-refractivity contribution in [3.05, 3.63) is 28.1 Å². The molecule has 0 aliphatic heterocycles. The number of methoxy groups -OCH3 is 1. The van der Waals surface area contributed by atoms with Crippen LogP contribution in [0.5, 0.6) is 5.75 Å². The second-order valence-corrected chi connectivity index (χ2v) is 2.32. The summed E-state index contributed by atoms with van der Waals surface area (Å²) in [6.07, 6.45) is 0. The molecule has 0 heterocycles. The van der Waals surface area contributed by atoms with Crippen molar-refractivity contribution in [1.29, 1.82) is 0 Å². The Kier molecular flexibility index (Phi) is 2.44. The van der Waals surface area contributed by atoms with Gasteiger partial charge in [-0.25, -0.2) is 0 Å². The number of hydrogen-bond acceptors (Lipinski definition) is 3. The molecule has 1 rings (SSSR count). The van der Waals surface area contributed by atoms with Gasteiger partial charge in [0, 0.05) is 6.07 Å². The van der Waals surface area contributed by atoms with Crippen LogP contribution in [0.25, 0.3) is 0 Å². The van der Waals surface area contributed by atoms with E-state index in [9.17, 15) is 4.91 Å². The average Bonchev–Trinajstić information content (AvgIpc) is 2.05. The molecule has 0 bridgehead atoms. The van der Waals surface area contributed by atoms with Gasteiger partial charge in [-0.3, -0.25) is 0 Å². The molecule has 0 unspecified atom stereocenters. The first-order valence-corrected chi connectivity index (χ1v) is 3.32. The van der Waals surface area contributed by atoms with Crippen molar-refractivity contribution in [3.63, 3.8) is 0 Å². The van der Waals surface area contributed by atoms with Crippen LogP contribution in [-0.2, 0) is 0 Å². The Morgan fingerprint density at radius 3 is 2.82 bits per heavy atom. The molecule has 0 aliphatic carbocycles. The van der Waals surface area contributed by atoms with Crippen molar-refractivity contribution >= 4 is 17.3 Å². The molecule has 58 valence electrons. The predicted molar refractivity (Wildman–Crippen MR) is 43.5 cm³/mol. The number of hydrogen-bond donors (Lipinski definition) is 0. The van der Waals surface area contributed by atoms with Crippen LogP contribution in [0.4, 0.5) is 5.69 Å². The molecular formula is C7H6ClNO2. The third-order valence-corrected chi connectivity index (χ3v) is 1.55. The van der Waals surface area contributed by atoms with Crippen LogP contribution < -0.4 is 4.74 Å². The zero-order valence-corrected chi connectivity index (χ0v) is 6.63. The van der Waals surface area contributed by atoms with E-state index in [2.05, 4.69) is 5.18 Å². The predicted octanol–water partition coefficient (Wildman–Crippen LogP) is 2.75. The van der Waals surface area contributed by atoms with Gasteiger partial charge in [-0.05, 0) is 17.3 Å². The van der Waals surface area contributed by atoms with E-state index in [1.807, 2.05) is 0 Å². The normalized spacial score (nSPS) is 9.27. The molecular weight excluding hydrogens is 166 g/mol. The Morgan fingerprint density at radius 1 is 1.55 bits per heavy atom. The van der Waals surface area contributed by atoms with Crippen molar-refractivity contribution in [2.45, 2.75) is 0 Å². The molecule has 11 heavy (non-hydrogen) atoms. The van der Waals surface area contributed by atoms with Crippen LogP contribution in [0.2, 0.25) is 5.02 Å². The third kappa shape index (κ3) is 1.68. The molecule has 0 fully saturated rings. The van der Waals surface area contributed by atoms with Gasteiger partial charge in [0.05, 0.1) is 12.1 Å². The Hall–Kier alpha value is -1.09. The second-order valence-electron chi connectivity index (χ2n) is 1.91. The standard InChI is InChI=1S/C7H6ClNO2/c1-11-7-4-5(9-10)2-3-6(7)8/h2-4H,1H3. The molecule has 1 aromatic carbocycles. The average molecular weight is 172 g/mol. The van der Waals surface area contributed by atoms with Crippen LogP contribution >= 0.6 is 11.6 Å². The summed E-state index contributed by atoms with van der Waals surface area (Å²) >= 11 is 5.68. The number of halogens is 1. The van der Waals surface area contributed by atoms with Gasteiger partial charge in [0.2, 0.25) is 0 Å². The van der Waals surface area contributed by atoms with Gasteiger partial charge in [0.1, 0.15) is 11.4 Å². The molecule has 0 saturated carbocycles. The van der Waals surface area contributed by atoms with Crippen LogP contribution in [0.15, 0.2) is 23.4 Å². The van der Waals surface area contributed by atoms with E-state index >= 15 is 0 Å². The van der Waals surface area contributed by atoms with Gasteiger partial charge >= 0.3 is 0 Å². The van der Waals surface area contributed by atoms with E-state index in [-0.39, 0.29) is 0 Å². The zero-order valence-electron chi connectivity index (χ0n) is 5.87. The Bertz CT molecular complexity index is 275. The molecule has 0 saturated heterocycles. The van der Waals surface area contributed by atoms with E-state index in [0.29, 0.717) is 16.5 Å². The minimum atomic E-state index is 0.311. The summed E-state index contributed by atoms with van der Waals surface area (Å²) in [4.78, 5) is 10.0. The summed E-state index contributed by atoms with van der Waals surface area (Å²) in [5, 5.41) is 3.20.